The number of carbonyl (C=O) groups excluding carboxylic acids is 1. The van der Waals surface area contributed by atoms with Gasteiger partial charge in [-0.15, -0.1) is 0 Å². The number of nitrogens with zero attached hydrogens (tertiary/aromatic N) is 1. The zero-order valence-electron chi connectivity index (χ0n) is 9.28. The third kappa shape index (κ3) is 2.45. The topological polar surface area (TPSA) is 101 Å². The van der Waals surface area contributed by atoms with Crippen LogP contribution < -0.4 is 10.6 Å². The van der Waals surface area contributed by atoms with E-state index in [0.29, 0.717) is 18.7 Å². The third-order valence-corrected chi connectivity index (χ3v) is 3.96. The molecule has 0 aliphatic carbocycles. The summed E-state index contributed by atoms with van der Waals surface area (Å²) in [7, 11) is -4.34. The molecule has 18 heavy (non-hydrogen) atoms. The predicted octanol–water partition coefficient (Wildman–Crippen LogP) is 0.551. The molecule has 0 bridgehead atoms. The van der Waals surface area contributed by atoms with E-state index < -0.39 is 10.1 Å². The van der Waals surface area contributed by atoms with Crippen molar-refractivity contribution < 1.29 is 17.8 Å². The summed E-state index contributed by atoms with van der Waals surface area (Å²) in [5.41, 5.74) is 5.97. The second-order valence-corrected chi connectivity index (χ2v) is 6.18. The van der Waals surface area contributed by atoms with E-state index in [4.69, 9.17) is 10.3 Å². The van der Waals surface area contributed by atoms with Crippen LogP contribution in [-0.4, -0.2) is 30.7 Å². The molecule has 1 aromatic rings. The molecule has 2 rings (SSSR count). The van der Waals surface area contributed by atoms with Crippen LogP contribution in [0.2, 0.25) is 0 Å². The van der Waals surface area contributed by atoms with Crippen LogP contribution in [0.4, 0.5) is 11.4 Å². The van der Waals surface area contributed by atoms with Crippen LogP contribution in [0.25, 0.3) is 0 Å². The van der Waals surface area contributed by atoms with Crippen LogP contribution in [0.5, 0.6) is 0 Å². The summed E-state index contributed by atoms with van der Waals surface area (Å²) >= 11 is 4.22. The number of anilines is 2. The molecule has 1 unspecified atom stereocenters. The monoisotopic (exact) mass is 288 g/mol. The molecule has 1 aliphatic rings. The minimum atomic E-state index is -4.34. The molecule has 0 saturated carbocycles. The molecule has 1 atom stereocenters. The Balaban J connectivity index is 2.38. The summed E-state index contributed by atoms with van der Waals surface area (Å²) < 4.78 is 30.9. The van der Waals surface area contributed by atoms with Gasteiger partial charge in [0.1, 0.15) is 4.90 Å². The number of hydrogen-bond donors (Lipinski definition) is 3. The predicted molar refractivity (Wildman–Crippen MR) is 70.4 cm³/mol. The van der Waals surface area contributed by atoms with Gasteiger partial charge in [0, 0.05) is 23.9 Å². The highest BCUT2D eigenvalue weighted by Gasteiger charge is 2.29. The van der Waals surface area contributed by atoms with Gasteiger partial charge < -0.3 is 10.6 Å². The second kappa shape index (κ2) is 4.45. The lowest BCUT2D eigenvalue weighted by atomic mass is 10.2. The molecule has 3 N–H and O–H groups in total. The van der Waals surface area contributed by atoms with Crippen molar-refractivity contribution in [3.8, 4) is 0 Å². The maximum absolute atomic E-state index is 11.6. The van der Waals surface area contributed by atoms with Crippen molar-refractivity contribution in [2.24, 2.45) is 0 Å². The van der Waals surface area contributed by atoms with E-state index in [-0.39, 0.29) is 21.7 Å². The molecule has 0 radical (unpaired) electrons. The second-order valence-electron chi connectivity index (χ2n) is 4.06. The lowest BCUT2D eigenvalue weighted by Crippen LogP contribution is -2.24. The molecule has 1 aromatic carbocycles. The highest BCUT2D eigenvalue weighted by atomic mass is 32.2. The Labute approximate surface area is 110 Å². The van der Waals surface area contributed by atoms with E-state index in [1.165, 1.54) is 23.1 Å². The van der Waals surface area contributed by atoms with E-state index in [1.807, 2.05) is 0 Å². The first kappa shape index (κ1) is 13.2. The van der Waals surface area contributed by atoms with E-state index in [9.17, 15) is 13.2 Å². The molecule has 1 fully saturated rings. The molecule has 1 amide bonds. The van der Waals surface area contributed by atoms with Gasteiger partial charge in [-0.25, -0.2) is 0 Å². The van der Waals surface area contributed by atoms with Gasteiger partial charge in [-0.05, 0) is 18.2 Å². The fourth-order valence-electron chi connectivity index (χ4n) is 1.88. The van der Waals surface area contributed by atoms with Gasteiger partial charge in [-0.3, -0.25) is 9.35 Å². The van der Waals surface area contributed by atoms with Gasteiger partial charge in [-0.1, -0.05) is 0 Å². The van der Waals surface area contributed by atoms with Crippen LogP contribution in [0.1, 0.15) is 6.42 Å². The SMILES string of the molecule is Nc1cc(N2CC(S)CC2=O)ccc1S(=O)(=O)O. The fraction of sp³-hybridized carbons (Fsp3) is 0.300. The number of amides is 1. The van der Waals surface area contributed by atoms with E-state index >= 15 is 0 Å². The zero-order valence-corrected chi connectivity index (χ0v) is 11.0. The molecule has 6 nitrogen and oxygen atoms in total. The summed E-state index contributed by atoms with van der Waals surface area (Å²) in [5, 5.41) is -0.0417. The van der Waals surface area contributed by atoms with Crippen LogP contribution in [0.3, 0.4) is 0 Å². The average molecular weight is 288 g/mol. The maximum Gasteiger partial charge on any atom is 0.296 e. The third-order valence-electron chi connectivity index (χ3n) is 2.69. The van der Waals surface area contributed by atoms with Crippen molar-refractivity contribution in [3.63, 3.8) is 0 Å². The van der Waals surface area contributed by atoms with E-state index in [0.717, 1.165) is 0 Å². The molecule has 1 aliphatic heterocycles. The van der Waals surface area contributed by atoms with Gasteiger partial charge in [0.05, 0.1) is 5.69 Å². The van der Waals surface area contributed by atoms with Crippen LogP contribution in [0, 0.1) is 0 Å². The number of hydrogen-bond acceptors (Lipinski definition) is 5. The number of benzene rings is 1. The number of nitrogens with two attached hydrogens (primary N) is 1. The highest BCUT2D eigenvalue weighted by molar-refractivity contribution is 7.86. The molecule has 0 spiro atoms. The van der Waals surface area contributed by atoms with E-state index in [1.54, 1.807) is 0 Å². The quantitative estimate of drug-likeness (QED) is 0.419. The summed E-state index contributed by atoms with van der Waals surface area (Å²) in [6.07, 6.45) is 0.336. The lowest BCUT2D eigenvalue weighted by molar-refractivity contribution is -0.117. The average Bonchev–Trinajstić information content (AvgIpc) is 2.55. The van der Waals surface area contributed by atoms with Crippen molar-refractivity contribution in [2.45, 2.75) is 16.6 Å². The fourth-order valence-corrected chi connectivity index (χ4v) is 2.79. The van der Waals surface area contributed by atoms with Gasteiger partial charge in [0.25, 0.3) is 10.1 Å². The van der Waals surface area contributed by atoms with Crippen molar-refractivity contribution in [3.05, 3.63) is 18.2 Å². The van der Waals surface area contributed by atoms with Gasteiger partial charge in [-0.2, -0.15) is 21.0 Å². The highest BCUT2D eigenvalue weighted by Crippen LogP contribution is 2.28. The molecule has 98 valence electrons. The first-order valence-electron chi connectivity index (χ1n) is 5.14. The number of thiol groups is 1. The summed E-state index contributed by atoms with van der Waals surface area (Å²) in [6, 6.07) is 3.97. The lowest BCUT2D eigenvalue weighted by Gasteiger charge is -2.17. The van der Waals surface area contributed by atoms with Crippen LogP contribution in [0.15, 0.2) is 23.1 Å². The Morgan fingerprint density at radius 1 is 1.44 bits per heavy atom. The van der Waals surface area contributed by atoms with Gasteiger partial charge in [0.2, 0.25) is 5.91 Å². The standard InChI is InChI=1S/C10H12N2O4S2/c11-8-3-6(1-2-9(8)18(14,15)16)12-5-7(17)4-10(12)13/h1-3,7,17H,4-5,11H2,(H,14,15,16). The molecular weight excluding hydrogens is 276 g/mol. The Kier molecular flexibility index (Phi) is 3.26. The van der Waals surface area contributed by atoms with Crippen LogP contribution in [-0.2, 0) is 14.9 Å². The summed E-state index contributed by atoms with van der Waals surface area (Å²) in [5.74, 6) is -0.0889. The van der Waals surface area contributed by atoms with Crippen molar-refractivity contribution in [2.75, 3.05) is 17.2 Å². The molecular formula is C10H12N2O4S2. The number of carbonyl (C=O) groups is 1. The molecule has 0 aromatic heterocycles. The first-order chi connectivity index (χ1) is 8.29. The van der Waals surface area contributed by atoms with Crippen LogP contribution >= 0.6 is 12.6 Å². The van der Waals surface area contributed by atoms with E-state index in [2.05, 4.69) is 12.6 Å². The number of rotatable bonds is 2. The Morgan fingerprint density at radius 2 is 2.11 bits per heavy atom. The Bertz CT molecular complexity index is 600. The summed E-state index contributed by atoms with van der Waals surface area (Å²) in [6.45, 7) is 0.451. The van der Waals surface area contributed by atoms with Gasteiger partial charge in [0.15, 0.2) is 0 Å². The Morgan fingerprint density at radius 3 is 2.56 bits per heavy atom. The minimum Gasteiger partial charge on any atom is -0.398 e. The minimum absolute atomic E-state index is 0.0417. The van der Waals surface area contributed by atoms with Crippen molar-refractivity contribution >= 4 is 40.0 Å². The normalized spacial score (nSPS) is 20.4. The molecule has 8 heteroatoms. The summed E-state index contributed by atoms with van der Waals surface area (Å²) in [4.78, 5) is 12.8. The number of nitrogen functional groups attached to an aromatic ring is 1. The van der Waals surface area contributed by atoms with Crippen molar-refractivity contribution in [1.29, 1.82) is 0 Å². The van der Waals surface area contributed by atoms with Gasteiger partial charge >= 0.3 is 0 Å². The zero-order chi connectivity index (χ0) is 13.5. The molecule has 1 heterocycles. The van der Waals surface area contributed by atoms with Crippen molar-refractivity contribution in [1.82, 2.24) is 0 Å². The Hall–Kier alpha value is -1.25. The largest absolute Gasteiger partial charge is 0.398 e. The first-order valence-corrected chi connectivity index (χ1v) is 7.10. The molecule has 1 saturated heterocycles. The smallest absolute Gasteiger partial charge is 0.296 e. The maximum atomic E-state index is 11.6.